The highest BCUT2D eigenvalue weighted by Crippen LogP contribution is 2.41. The third kappa shape index (κ3) is 2.74. The number of nitrogens with zero attached hydrogens (tertiary/aromatic N) is 1. The number of halogens is 5. The zero-order chi connectivity index (χ0) is 16.9. The number of aryl methyl sites for hydroxylation is 1. The van der Waals surface area contributed by atoms with E-state index in [-0.39, 0.29) is 11.5 Å². The normalized spacial score (nSPS) is 12.1. The van der Waals surface area contributed by atoms with Gasteiger partial charge in [-0.25, -0.2) is 4.98 Å². The molecule has 0 aliphatic carbocycles. The Morgan fingerprint density at radius 2 is 1.87 bits per heavy atom. The molecule has 0 saturated carbocycles. The lowest BCUT2D eigenvalue weighted by Crippen LogP contribution is -2.04. The van der Waals surface area contributed by atoms with Crippen LogP contribution in [-0.4, -0.2) is 4.98 Å². The van der Waals surface area contributed by atoms with Crippen molar-refractivity contribution in [1.82, 2.24) is 4.98 Å². The van der Waals surface area contributed by atoms with Gasteiger partial charge in [0.1, 0.15) is 5.52 Å². The summed E-state index contributed by atoms with van der Waals surface area (Å²) in [6.07, 6.45) is -4.42. The maximum Gasteiger partial charge on any atom is 0.416 e. The number of rotatable bonds is 1. The number of hydrogen-bond donors (Lipinski definition) is 1. The van der Waals surface area contributed by atoms with Gasteiger partial charge in [0.25, 0.3) is 0 Å². The lowest BCUT2D eigenvalue weighted by molar-refractivity contribution is -0.137. The summed E-state index contributed by atoms with van der Waals surface area (Å²) in [6, 6.07) is 4.84. The van der Waals surface area contributed by atoms with E-state index in [4.69, 9.17) is 10.2 Å². The van der Waals surface area contributed by atoms with E-state index in [2.05, 4.69) is 36.8 Å². The van der Waals surface area contributed by atoms with Crippen molar-refractivity contribution in [3.63, 3.8) is 0 Å². The summed E-state index contributed by atoms with van der Waals surface area (Å²) in [4.78, 5) is 4.29. The molecule has 3 rings (SSSR count). The number of alkyl halides is 3. The second-order valence-corrected chi connectivity index (χ2v) is 6.53. The molecule has 0 bridgehead atoms. The van der Waals surface area contributed by atoms with Crippen LogP contribution in [0.2, 0.25) is 0 Å². The van der Waals surface area contributed by atoms with Crippen molar-refractivity contribution in [2.45, 2.75) is 13.1 Å². The Kier molecular flexibility index (Phi) is 3.92. The number of oxazole rings is 1. The number of nitrogens with two attached hydrogens (primary N) is 1. The summed E-state index contributed by atoms with van der Waals surface area (Å²) >= 11 is 6.70. The molecule has 0 spiro atoms. The molecule has 0 unspecified atom stereocenters. The first-order valence-electron chi connectivity index (χ1n) is 6.41. The minimum Gasteiger partial charge on any atom is -0.436 e. The quantitative estimate of drug-likeness (QED) is 0.468. The summed E-state index contributed by atoms with van der Waals surface area (Å²) in [6.45, 7) is 1.79. The summed E-state index contributed by atoms with van der Waals surface area (Å²) in [5.74, 6) is 0.104. The summed E-state index contributed by atoms with van der Waals surface area (Å²) in [5.41, 5.74) is 7.56. The minimum atomic E-state index is -4.42. The second kappa shape index (κ2) is 5.52. The molecule has 0 amide bonds. The fourth-order valence-electron chi connectivity index (χ4n) is 2.20. The fraction of sp³-hybridized carbons (Fsp3) is 0.133. The van der Waals surface area contributed by atoms with E-state index in [1.165, 1.54) is 12.1 Å². The number of fused-ring (bicyclic) bond motifs is 1. The smallest absolute Gasteiger partial charge is 0.416 e. The Hall–Kier alpha value is -1.54. The van der Waals surface area contributed by atoms with Crippen molar-refractivity contribution in [1.29, 1.82) is 0 Å². The van der Waals surface area contributed by atoms with Gasteiger partial charge in [0.05, 0.1) is 15.7 Å². The topological polar surface area (TPSA) is 52.0 Å². The Balaban J connectivity index is 2.23. The fourth-order valence-corrected chi connectivity index (χ4v) is 3.31. The highest BCUT2D eigenvalue weighted by Gasteiger charge is 2.31. The standard InChI is InChI=1S/C15H9Br2F3N2O/c1-6-9(16)11(21)10(17)12-13(6)23-14(22-12)7-3-2-4-8(5-7)15(18,19)20/h2-5H,21H2,1H3. The summed E-state index contributed by atoms with van der Waals surface area (Å²) < 4.78 is 45.4. The van der Waals surface area contributed by atoms with Crippen molar-refractivity contribution in [2.75, 3.05) is 5.73 Å². The first-order chi connectivity index (χ1) is 10.7. The van der Waals surface area contributed by atoms with E-state index in [9.17, 15) is 13.2 Å². The average Bonchev–Trinajstić information content (AvgIpc) is 2.95. The largest absolute Gasteiger partial charge is 0.436 e. The van der Waals surface area contributed by atoms with E-state index in [0.29, 0.717) is 25.7 Å². The van der Waals surface area contributed by atoms with Crippen molar-refractivity contribution in [3.05, 3.63) is 44.3 Å². The molecule has 2 aromatic carbocycles. The number of aromatic nitrogens is 1. The predicted molar refractivity (Wildman–Crippen MR) is 89.0 cm³/mol. The first-order valence-corrected chi connectivity index (χ1v) is 8.00. The van der Waals surface area contributed by atoms with Gasteiger partial charge in [-0.05, 0) is 57.0 Å². The van der Waals surface area contributed by atoms with Crippen LogP contribution < -0.4 is 5.73 Å². The number of anilines is 1. The van der Waals surface area contributed by atoms with Gasteiger partial charge in [-0.15, -0.1) is 0 Å². The molecule has 0 atom stereocenters. The third-order valence-electron chi connectivity index (χ3n) is 3.41. The zero-order valence-electron chi connectivity index (χ0n) is 11.6. The molecule has 1 aromatic heterocycles. The molecule has 3 nitrogen and oxygen atoms in total. The minimum absolute atomic E-state index is 0.104. The Labute approximate surface area is 145 Å². The summed E-state index contributed by atoms with van der Waals surface area (Å²) in [5, 5.41) is 0. The van der Waals surface area contributed by atoms with Gasteiger partial charge in [-0.1, -0.05) is 6.07 Å². The van der Waals surface area contributed by atoms with Gasteiger partial charge in [0.15, 0.2) is 5.58 Å². The summed E-state index contributed by atoms with van der Waals surface area (Å²) in [7, 11) is 0. The molecule has 0 aliphatic heterocycles. The third-order valence-corrected chi connectivity index (χ3v) is 5.24. The van der Waals surface area contributed by atoms with E-state index in [1.54, 1.807) is 6.92 Å². The lowest BCUT2D eigenvalue weighted by atomic mass is 10.1. The van der Waals surface area contributed by atoms with Gasteiger partial charge < -0.3 is 10.2 Å². The van der Waals surface area contributed by atoms with Crippen LogP contribution in [0, 0.1) is 6.92 Å². The molecular formula is C15H9Br2F3N2O. The van der Waals surface area contributed by atoms with Crippen molar-refractivity contribution >= 4 is 48.6 Å². The maximum atomic E-state index is 12.8. The van der Waals surface area contributed by atoms with Gasteiger partial charge in [0.2, 0.25) is 5.89 Å². The van der Waals surface area contributed by atoms with E-state index >= 15 is 0 Å². The zero-order valence-corrected chi connectivity index (χ0v) is 14.8. The van der Waals surface area contributed by atoms with Gasteiger partial charge >= 0.3 is 6.18 Å². The Bertz CT molecular complexity index is 874. The molecule has 23 heavy (non-hydrogen) atoms. The monoisotopic (exact) mass is 448 g/mol. The van der Waals surface area contributed by atoms with Crippen LogP contribution in [0.1, 0.15) is 11.1 Å². The maximum absolute atomic E-state index is 12.8. The van der Waals surface area contributed by atoms with Gasteiger partial charge in [0, 0.05) is 15.6 Å². The van der Waals surface area contributed by atoms with E-state index in [1.807, 2.05) is 0 Å². The predicted octanol–water partition coefficient (Wildman–Crippen LogP) is 5.93. The van der Waals surface area contributed by atoms with E-state index in [0.717, 1.165) is 17.7 Å². The molecule has 120 valence electrons. The number of hydrogen-bond acceptors (Lipinski definition) is 3. The highest BCUT2D eigenvalue weighted by atomic mass is 79.9. The second-order valence-electron chi connectivity index (χ2n) is 4.94. The van der Waals surface area contributed by atoms with Crippen molar-refractivity contribution < 1.29 is 17.6 Å². The molecule has 0 fully saturated rings. The lowest BCUT2D eigenvalue weighted by Gasteiger charge is -2.06. The molecule has 8 heteroatoms. The van der Waals surface area contributed by atoms with Gasteiger partial charge in [-0.2, -0.15) is 13.2 Å². The molecule has 2 N–H and O–H groups in total. The molecule has 0 aliphatic rings. The van der Waals surface area contributed by atoms with E-state index < -0.39 is 11.7 Å². The van der Waals surface area contributed by atoms with Crippen LogP contribution in [0.15, 0.2) is 37.6 Å². The molecule has 0 radical (unpaired) electrons. The first kappa shape index (κ1) is 16.3. The molecule has 1 heterocycles. The highest BCUT2D eigenvalue weighted by molar-refractivity contribution is 9.11. The SMILES string of the molecule is Cc1c(Br)c(N)c(Br)c2nc(-c3cccc(C(F)(F)F)c3)oc12. The van der Waals surface area contributed by atoms with Crippen LogP contribution in [-0.2, 0) is 6.18 Å². The molecular weight excluding hydrogens is 441 g/mol. The van der Waals surface area contributed by atoms with Crippen LogP contribution >= 0.6 is 31.9 Å². The Morgan fingerprint density at radius 3 is 2.52 bits per heavy atom. The molecule has 3 aromatic rings. The number of benzene rings is 2. The van der Waals surface area contributed by atoms with Crippen LogP contribution in [0.4, 0.5) is 18.9 Å². The van der Waals surface area contributed by atoms with Crippen LogP contribution in [0.25, 0.3) is 22.6 Å². The van der Waals surface area contributed by atoms with Crippen molar-refractivity contribution in [2.24, 2.45) is 0 Å². The molecule has 0 saturated heterocycles. The van der Waals surface area contributed by atoms with Crippen LogP contribution in [0.3, 0.4) is 0 Å². The van der Waals surface area contributed by atoms with Crippen LogP contribution in [0.5, 0.6) is 0 Å². The Morgan fingerprint density at radius 1 is 1.17 bits per heavy atom. The van der Waals surface area contributed by atoms with Gasteiger partial charge in [-0.3, -0.25) is 0 Å². The number of nitrogen functional groups attached to an aromatic ring is 1. The average molecular weight is 450 g/mol. The van der Waals surface area contributed by atoms with Crippen molar-refractivity contribution in [3.8, 4) is 11.5 Å².